The molecule has 4 aromatic rings. The Morgan fingerprint density at radius 2 is 1.61 bits per heavy atom. The Morgan fingerprint density at radius 3 is 2.32 bits per heavy atom. The third-order valence-electron chi connectivity index (χ3n) is 4.92. The van der Waals surface area contributed by atoms with Gasteiger partial charge in [-0.15, -0.1) is 0 Å². The Kier molecular flexibility index (Phi) is 4.15. The Balaban J connectivity index is 1.51. The Labute approximate surface area is 167 Å². The van der Waals surface area contributed by atoms with E-state index >= 15 is 0 Å². The summed E-state index contributed by atoms with van der Waals surface area (Å²) in [7, 11) is 0. The van der Waals surface area contributed by atoms with Crippen LogP contribution in [0.4, 0.5) is 0 Å². The molecule has 2 heterocycles. The molecule has 5 rings (SSSR count). The summed E-state index contributed by atoms with van der Waals surface area (Å²) < 4.78 is 14.1. The van der Waals surface area contributed by atoms with Gasteiger partial charge in [-0.2, -0.15) is 0 Å². The van der Waals surface area contributed by atoms with Crippen molar-refractivity contribution in [2.45, 2.75) is 11.8 Å². The van der Waals surface area contributed by atoms with E-state index in [-0.39, 0.29) is 6.23 Å². The predicted molar refractivity (Wildman–Crippen MR) is 108 cm³/mol. The van der Waals surface area contributed by atoms with Crippen LogP contribution in [0.3, 0.4) is 0 Å². The molecule has 4 nitrogen and oxygen atoms in total. The largest absolute Gasteiger partial charge is 0.457 e. The van der Waals surface area contributed by atoms with E-state index in [0.717, 1.165) is 22.6 Å². The lowest BCUT2D eigenvalue weighted by Crippen LogP contribution is -2.15. The number of nitrogens with zero attached hydrogens (tertiary/aromatic N) is 2. The summed E-state index contributed by atoms with van der Waals surface area (Å²) in [6.45, 7) is 0. The van der Waals surface area contributed by atoms with E-state index < -0.39 is 5.60 Å². The fraction of sp³-hybridized carbons (Fsp3) is 0.0870. The molecule has 1 fully saturated rings. The standard InChI is InChI=1S/C23H17ClN2O2/c24-21-9-5-4-8-20(21)23(22(28-23)26-15-14-25-16-26)17-10-12-19(13-11-17)27-18-6-2-1-3-7-18/h1-16,22H. The lowest BCUT2D eigenvalue weighted by Gasteiger charge is -2.16. The molecule has 0 N–H and O–H groups in total. The quantitative estimate of drug-likeness (QED) is 0.405. The highest BCUT2D eigenvalue weighted by atomic mass is 35.5. The molecule has 1 aromatic heterocycles. The minimum Gasteiger partial charge on any atom is -0.457 e. The zero-order chi connectivity index (χ0) is 19.0. The maximum Gasteiger partial charge on any atom is 0.174 e. The fourth-order valence-electron chi connectivity index (χ4n) is 3.54. The first-order valence-electron chi connectivity index (χ1n) is 9.01. The number of benzene rings is 3. The van der Waals surface area contributed by atoms with Gasteiger partial charge in [0.1, 0.15) is 11.5 Å². The van der Waals surface area contributed by atoms with Gasteiger partial charge in [-0.05, 0) is 35.9 Å². The summed E-state index contributed by atoms with van der Waals surface area (Å²) in [5.41, 5.74) is 1.30. The molecule has 3 aromatic carbocycles. The van der Waals surface area contributed by atoms with Crippen LogP contribution < -0.4 is 4.74 Å². The normalized spacial score (nSPS) is 20.7. The molecule has 0 aliphatic carbocycles. The van der Waals surface area contributed by atoms with Crippen LogP contribution in [0.1, 0.15) is 17.4 Å². The van der Waals surface area contributed by atoms with Crippen molar-refractivity contribution in [3.8, 4) is 11.5 Å². The van der Waals surface area contributed by atoms with E-state index in [1.54, 1.807) is 12.5 Å². The van der Waals surface area contributed by atoms with Crippen molar-refractivity contribution in [3.05, 3.63) is 114 Å². The van der Waals surface area contributed by atoms with Gasteiger partial charge in [0.25, 0.3) is 0 Å². The van der Waals surface area contributed by atoms with Crippen LogP contribution in [0.5, 0.6) is 11.5 Å². The van der Waals surface area contributed by atoms with Crippen molar-refractivity contribution >= 4 is 11.6 Å². The summed E-state index contributed by atoms with van der Waals surface area (Å²) in [6.07, 6.45) is 5.21. The van der Waals surface area contributed by atoms with Crippen LogP contribution >= 0.6 is 11.6 Å². The van der Waals surface area contributed by atoms with E-state index in [1.807, 2.05) is 89.6 Å². The van der Waals surface area contributed by atoms with Gasteiger partial charge in [-0.25, -0.2) is 4.98 Å². The molecule has 0 bridgehead atoms. The van der Waals surface area contributed by atoms with Gasteiger partial charge in [0, 0.05) is 23.0 Å². The van der Waals surface area contributed by atoms with Gasteiger partial charge in [0.05, 0.1) is 6.33 Å². The zero-order valence-corrected chi connectivity index (χ0v) is 15.7. The molecule has 138 valence electrons. The van der Waals surface area contributed by atoms with Crippen LogP contribution in [0.2, 0.25) is 5.02 Å². The van der Waals surface area contributed by atoms with Crippen LogP contribution in [0.25, 0.3) is 0 Å². The summed E-state index contributed by atoms with van der Waals surface area (Å²) >= 11 is 6.53. The first-order chi connectivity index (χ1) is 13.8. The van der Waals surface area contributed by atoms with Gasteiger partial charge in [-0.3, -0.25) is 0 Å². The molecule has 1 aliphatic heterocycles. The second-order valence-electron chi connectivity index (χ2n) is 6.64. The summed E-state index contributed by atoms with van der Waals surface area (Å²) in [6, 6.07) is 25.5. The lowest BCUT2D eigenvalue weighted by molar-refractivity contribution is 0.304. The number of hydrogen-bond donors (Lipinski definition) is 0. The Hall–Kier alpha value is -3.08. The van der Waals surface area contributed by atoms with Crippen molar-refractivity contribution in [1.29, 1.82) is 0 Å². The molecule has 1 aliphatic rings. The number of imidazole rings is 1. The van der Waals surface area contributed by atoms with Gasteiger partial charge in [0.2, 0.25) is 0 Å². The molecule has 5 heteroatoms. The van der Waals surface area contributed by atoms with Gasteiger partial charge >= 0.3 is 0 Å². The van der Waals surface area contributed by atoms with Crippen LogP contribution in [0, 0.1) is 0 Å². The zero-order valence-electron chi connectivity index (χ0n) is 14.9. The van der Waals surface area contributed by atoms with Gasteiger partial charge < -0.3 is 14.0 Å². The second-order valence-corrected chi connectivity index (χ2v) is 7.04. The maximum atomic E-state index is 6.53. The summed E-state index contributed by atoms with van der Waals surface area (Å²) in [5, 5.41) is 0.676. The van der Waals surface area contributed by atoms with Crippen LogP contribution in [0.15, 0.2) is 97.6 Å². The van der Waals surface area contributed by atoms with Gasteiger partial charge in [-0.1, -0.05) is 60.1 Å². The molecule has 0 amide bonds. The number of aromatic nitrogens is 2. The Morgan fingerprint density at radius 1 is 0.893 bits per heavy atom. The Bertz CT molecular complexity index is 1080. The lowest BCUT2D eigenvalue weighted by atomic mass is 9.90. The fourth-order valence-corrected chi connectivity index (χ4v) is 3.82. The highest BCUT2D eigenvalue weighted by Crippen LogP contribution is 2.60. The van der Waals surface area contributed by atoms with Crippen molar-refractivity contribution in [1.82, 2.24) is 9.55 Å². The van der Waals surface area contributed by atoms with E-state index in [4.69, 9.17) is 21.1 Å². The third-order valence-corrected chi connectivity index (χ3v) is 5.25. The molecule has 0 saturated carbocycles. The molecule has 0 spiro atoms. The smallest absolute Gasteiger partial charge is 0.174 e. The van der Waals surface area contributed by atoms with Crippen molar-refractivity contribution < 1.29 is 9.47 Å². The first kappa shape index (κ1) is 17.0. The van der Waals surface area contributed by atoms with Crippen LogP contribution in [-0.4, -0.2) is 9.55 Å². The second kappa shape index (κ2) is 6.82. The molecular formula is C23H17ClN2O2. The molecule has 1 saturated heterocycles. The average Bonchev–Trinajstić information content (AvgIpc) is 3.24. The number of ether oxygens (including phenoxy) is 2. The predicted octanol–water partition coefficient (Wildman–Crippen LogP) is 5.80. The van der Waals surface area contributed by atoms with E-state index in [9.17, 15) is 0 Å². The molecular weight excluding hydrogens is 372 g/mol. The first-order valence-corrected chi connectivity index (χ1v) is 9.39. The van der Waals surface area contributed by atoms with Crippen molar-refractivity contribution in [2.75, 3.05) is 0 Å². The summed E-state index contributed by atoms with van der Waals surface area (Å²) in [5.74, 6) is 1.57. The minimum absolute atomic E-state index is 0.198. The number of halogens is 1. The van der Waals surface area contributed by atoms with E-state index in [2.05, 4.69) is 4.98 Å². The molecule has 28 heavy (non-hydrogen) atoms. The topological polar surface area (TPSA) is 39.6 Å². The molecule has 2 unspecified atom stereocenters. The number of rotatable bonds is 5. The molecule has 2 atom stereocenters. The maximum absolute atomic E-state index is 6.53. The number of hydrogen-bond acceptors (Lipinski definition) is 3. The highest BCUT2D eigenvalue weighted by molar-refractivity contribution is 6.31. The average molecular weight is 389 g/mol. The van der Waals surface area contributed by atoms with Crippen LogP contribution in [-0.2, 0) is 10.3 Å². The minimum atomic E-state index is -0.648. The molecule has 0 radical (unpaired) electrons. The van der Waals surface area contributed by atoms with E-state index in [1.165, 1.54) is 0 Å². The van der Waals surface area contributed by atoms with Gasteiger partial charge in [0.15, 0.2) is 11.8 Å². The number of epoxide rings is 1. The van der Waals surface area contributed by atoms with E-state index in [0.29, 0.717) is 5.02 Å². The van der Waals surface area contributed by atoms with Crippen molar-refractivity contribution in [2.24, 2.45) is 0 Å². The third kappa shape index (κ3) is 2.87. The highest BCUT2D eigenvalue weighted by Gasteiger charge is 2.61. The SMILES string of the molecule is Clc1ccccc1C1(c2ccc(Oc3ccccc3)cc2)OC1n1ccnc1. The number of para-hydroxylation sites is 1. The monoisotopic (exact) mass is 388 g/mol. The van der Waals surface area contributed by atoms with Crippen molar-refractivity contribution in [3.63, 3.8) is 0 Å². The summed E-state index contributed by atoms with van der Waals surface area (Å²) in [4.78, 5) is 4.15.